The summed E-state index contributed by atoms with van der Waals surface area (Å²) in [5, 5.41) is 1.73. The number of hydrogen-bond acceptors (Lipinski definition) is 5. The van der Waals surface area contributed by atoms with E-state index in [1.807, 2.05) is 32.9 Å². The maximum atomic E-state index is 12.8. The summed E-state index contributed by atoms with van der Waals surface area (Å²) in [6, 6.07) is 3.83. The van der Waals surface area contributed by atoms with E-state index in [9.17, 15) is 13.2 Å². The quantitative estimate of drug-likeness (QED) is 0.817. The van der Waals surface area contributed by atoms with E-state index in [1.54, 1.807) is 10.9 Å². The molecular formula is C17H22N2O3S2. The fourth-order valence-electron chi connectivity index (χ4n) is 2.63. The van der Waals surface area contributed by atoms with E-state index in [4.69, 9.17) is 0 Å². The van der Waals surface area contributed by atoms with Crippen LogP contribution in [0.1, 0.15) is 43.2 Å². The molecule has 1 amide bonds. The molecule has 2 aromatic rings. The van der Waals surface area contributed by atoms with E-state index < -0.39 is 15.9 Å². The summed E-state index contributed by atoms with van der Waals surface area (Å²) < 4.78 is 27.8. The van der Waals surface area contributed by atoms with Gasteiger partial charge in [0.1, 0.15) is 0 Å². The molecule has 130 valence electrons. The van der Waals surface area contributed by atoms with Crippen molar-refractivity contribution in [2.45, 2.75) is 51.3 Å². The van der Waals surface area contributed by atoms with Crippen LogP contribution in [-0.4, -0.2) is 19.3 Å². The van der Waals surface area contributed by atoms with Crippen molar-refractivity contribution in [3.8, 4) is 0 Å². The highest BCUT2D eigenvalue weighted by Crippen LogP contribution is 2.25. The molecule has 7 heteroatoms. The Morgan fingerprint density at radius 3 is 2.21 bits per heavy atom. The van der Waals surface area contributed by atoms with Crippen LogP contribution in [0.25, 0.3) is 0 Å². The van der Waals surface area contributed by atoms with Gasteiger partial charge in [0.15, 0.2) is 0 Å². The summed E-state index contributed by atoms with van der Waals surface area (Å²) in [5.41, 5.74) is 4.79. The van der Waals surface area contributed by atoms with Gasteiger partial charge in [-0.3, -0.25) is 4.79 Å². The lowest BCUT2D eigenvalue weighted by molar-refractivity contribution is -0.118. The summed E-state index contributed by atoms with van der Waals surface area (Å²) >= 11 is 1.37. The van der Waals surface area contributed by atoms with E-state index in [1.165, 1.54) is 11.3 Å². The van der Waals surface area contributed by atoms with Gasteiger partial charge in [-0.05, 0) is 36.0 Å². The summed E-state index contributed by atoms with van der Waals surface area (Å²) in [7, 11) is -3.90. The van der Waals surface area contributed by atoms with Crippen LogP contribution in [0.2, 0.25) is 0 Å². The minimum atomic E-state index is -3.90. The summed E-state index contributed by atoms with van der Waals surface area (Å²) in [6.45, 7) is 5.88. The Labute approximate surface area is 147 Å². The number of aryl methyl sites for hydroxylation is 3. The Morgan fingerprint density at radius 2 is 1.75 bits per heavy atom. The fourth-order valence-corrected chi connectivity index (χ4v) is 4.76. The highest BCUT2D eigenvalue weighted by atomic mass is 32.2. The topological polar surface area (TPSA) is 76.1 Å². The van der Waals surface area contributed by atoms with Gasteiger partial charge in [-0.15, -0.1) is 11.3 Å². The number of nitrogens with zero attached hydrogens (tertiary/aromatic N) is 1. The molecule has 2 rings (SSSR count). The van der Waals surface area contributed by atoms with Gasteiger partial charge in [0.05, 0.1) is 22.5 Å². The van der Waals surface area contributed by atoms with Crippen molar-refractivity contribution < 1.29 is 13.2 Å². The van der Waals surface area contributed by atoms with Gasteiger partial charge in [0.25, 0.3) is 10.0 Å². The molecule has 5 nitrogen and oxygen atoms in total. The van der Waals surface area contributed by atoms with Crippen LogP contribution in [0.4, 0.5) is 0 Å². The van der Waals surface area contributed by atoms with Gasteiger partial charge >= 0.3 is 0 Å². The van der Waals surface area contributed by atoms with Crippen LogP contribution >= 0.6 is 11.3 Å². The number of nitrogens with one attached hydrogen (secondary N) is 1. The molecule has 0 radical (unpaired) electrons. The van der Waals surface area contributed by atoms with Crippen LogP contribution in [0, 0.1) is 0 Å². The molecule has 24 heavy (non-hydrogen) atoms. The highest BCUT2D eigenvalue weighted by Gasteiger charge is 2.24. The number of aromatic nitrogens is 1. The van der Waals surface area contributed by atoms with E-state index in [0.29, 0.717) is 18.5 Å². The maximum Gasteiger partial charge on any atom is 0.264 e. The second kappa shape index (κ2) is 7.90. The van der Waals surface area contributed by atoms with Gasteiger partial charge in [-0.25, -0.2) is 18.1 Å². The minimum Gasteiger partial charge on any atom is -0.274 e. The Hall–Kier alpha value is -1.73. The zero-order valence-corrected chi connectivity index (χ0v) is 15.8. The van der Waals surface area contributed by atoms with Crippen LogP contribution in [0.15, 0.2) is 27.9 Å². The van der Waals surface area contributed by atoms with Crippen LogP contribution in [-0.2, 0) is 40.5 Å². The van der Waals surface area contributed by atoms with Gasteiger partial charge in [0.2, 0.25) is 5.91 Å². The van der Waals surface area contributed by atoms with Crippen molar-refractivity contribution >= 4 is 27.3 Å². The van der Waals surface area contributed by atoms with Crippen molar-refractivity contribution in [1.29, 1.82) is 0 Å². The molecule has 0 fully saturated rings. The Morgan fingerprint density at radius 1 is 1.12 bits per heavy atom. The lowest BCUT2D eigenvalue weighted by Gasteiger charge is -2.16. The first-order valence-corrected chi connectivity index (χ1v) is 10.4. The molecule has 0 spiro atoms. The molecule has 0 bridgehead atoms. The number of thiazole rings is 1. The van der Waals surface area contributed by atoms with E-state index in [-0.39, 0.29) is 11.3 Å². The smallest absolute Gasteiger partial charge is 0.264 e. The first-order chi connectivity index (χ1) is 11.4. The third kappa shape index (κ3) is 4.21. The molecule has 1 aromatic carbocycles. The molecule has 0 saturated carbocycles. The third-order valence-corrected chi connectivity index (χ3v) is 6.01. The lowest BCUT2D eigenvalue weighted by Crippen LogP contribution is -2.33. The first kappa shape index (κ1) is 18.6. The molecule has 1 aromatic heterocycles. The van der Waals surface area contributed by atoms with E-state index >= 15 is 0 Å². The zero-order valence-electron chi connectivity index (χ0n) is 14.1. The predicted molar refractivity (Wildman–Crippen MR) is 95.7 cm³/mol. The second-order valence-corrected chi connectivity index (χ2v) is 7.83. The zero-order chi connectivity index (χ0) is 17.7. The molecule has 0 aliphatic heterocycles. The number of sulfonamides is 1. The minimum absolute atomic E-state index is 0.0430. The van der Waals surface area contributed by atoms with Crippen LogP contribution in [0.5, 0.6) is 0 Å². The number of hydrogen-bond donors (Lipinski definition) is 1. The van der Waals surface area contributed by atoms with Gasteiger partial charge < -0.3 is 0 Å². The third-order valence-electron chi connectivity index (χ3n) is 3.81. The number of carbonyl (C=O) groups excluding carboxylic acids is 1. The van der Waals surface area contributed by atoms with Crippen molar-refractivity contribution in [3.63, 3.8) is 0 Å². The number of benzene rings is 1. The van der Waals surface area contributed by atoms with E-state index in [0.717, 1.165) is 23.1 Å². The van der Waals surface area contributed by atoms with E-state index in [2.05, 4.69) is 9.71 Å². The average molecular weight is 367 g/mol. The van der Waals surface area contributed by atoms with Gasteiger partial charge in [-0.2, -0.15) is 0 Å². The monoisotopic (exact) mass is 366 g/mol. The molecule has 0 saturated heterocycles. The highest BCUT2D eigenvalue weighted by molar-refractivity contribution is 7.90. The number of amides is 1. The van der Waals surface area contributed by atoms with Gasteiger partial charge in [-0.1, -0.05) is 32.9 Å². The Bertz CT molecular complexity index is 787. The molecule has 0 unspecified atom stereocenters. The SMILES string of the molecule is CCc1cc(CC)c(S(=O)(=O)NC(=O)Cc2cscn2)c(CC)c1. The molecule has 1 N–H and O–H groups in total. The van der Waals surface area contributed by atoms with Crippen molar-refractivity contribution in [2.75, 3.05) is 0 Å². The lowest BCUT2D eigenvalue weighted by atomic mass is 10.0. The molecule has 0 aliphatic rings. The van der Waals surface area contributed by atoms with Crippen molar-refractivity contribution in [2.24, 2.45) is 0 Å². The number of carbonyl (C=O) groups is 1. The number of rotatable bonds is 7. The average Bonchev–Trinajstić information content (AvgIpc) is 3.05. The van der Waals surface area contributed by atoms with Crippen LogP contribution < -0.4 is 4.72 Å². The molecular weight excluding hydrogens is 344 g/mol. The fraction of sp³-hybridized carbons (Fsp3) is 0.412. The van der Waals surface area contributed by atoms with Crippen molar-refractivity contribution in [1.82, 2.24) is 9.71 Å². The van der Waals surface area contributed by atoms with Crippen LogP contribution in [0.3, 0.4) is 0 Å². The second-order valence-electron chi connectivity index (χ2n) is 5.49. The summed E-state index contributed by atoms with van der Waals surface area (Å²) in [4.78, 5) is 16.4. The Balaban J connectivity index is 2.35. The molecule has 0 atom stereocenters. The standard InChI is InChI=1S/C17H22N2O3S2/c1-4-12-7-13(5-2)17(14(6-3)8-12)24(21,22)19-16(20)9-15-10-23-11-18-15/h7-8,10-11H,4-6,9H2,1-3H3,(H,19,20). The predicted octanol–water partition coefficient (Wildman–Crippen LogP) is 2.88. The summed E-state index contributed by atoms with van der Waals surface area (Å²) in [5.74, 6) is -0.565. The first-order valence-electron chi connectivity index (χ1n) is 7.98. The van der Waals surface area contributed by atoms with Gasteiger partial charge in [0, 0.05) is 5.38 Å². The summed E-state index contributed by atoms with van der Waals surface area (Å²) in [6.07, 6.45) is 1.99. The maximum absolute atomic E-state index is 12.8. The van der Waals surface area contributed by atoms with Crippen molar-refractivity contribution in [3.05, 3.63) is 45.4 Å². The molecule has 0 aliphatic carbocycles. The largest absolute Gasteiger partial charge is 0.274 e. The Kier molecular flexibility index (Phi) is 6.12. The molecule has 1 heterocycles. The normalized spacial score (nSPS) is 11.5.